The molecule has 0 unspecified atom stereocenters. The van der Waals surface area contributed by atoms with Gasteiger partial charge in [0.1, 0.15) is 5.76 Å². The van der Waals surface area contributed by atoms with Crippen molar-refractivity contribution in [2.45, 2.75) is 38.4 Å². The maximum absolute atomic E-state index is 12.1. The van der Waals surface area contributed by atoms with Gasteiger partial charge in [-0.15, -0.1) is 10.2 Å². The van der Waals surface area contributed by atoms with Gasteiger partial charge < -0.3 is 9.73 Å². The number of aromatic nitrogens is 3. The fourth-order valence-corrected chi connectivity index (χ4v) is 4.15. The molecule has 0 atom stereocenters. The van der Waals surface area contributed by atoms with E-state index in [1.165, 1.54) is 11.1 Å². The van der Waals surface area contributed by atoms with E-state index < -0.39 is 0 Å². The minimum atomic E-state index is 0.0161. The van der Waals surface area contributed by atoms with Gasteiger partial charge in [-0.2, -0.15) is 0 Å². The van der Waals surface area contributed by atoms with E-state index in [0.29, 0.717) is 13.0 Å². The molecule has 0 aliphatic rings. The van der Waals surface area contributed by atoms with Gasteiger partial charge in [0.2, 0.25) is 5.91 Å². The molecule has 164 valence electrons. The molecule has 7 heteroatoms. The summed E-state index contributed by atoms with van der Waals surface area (Å²) in [5.74, 6) is 2.35. The van der Waals surface area contributed by atoms with Gasteiger partial charge in [0.25, 0.3) is 0 Å². The second-order valence-corrected chi connectivity index (χ2v) is 8.71. The van der Waals surface area contributed by atoms with E-state index in [0.717, 1.165) is 40.2 Å². The SMILES string of the molecule is Cc1ccc(-c2nnc(SCCCC(=O)NCc3ccco3)n2-c2ccc(C)cc2)cc1. The number of carbonyl (C=O) groups is 1. The van der Waals surface area contributed by atoms with Crippen LogP contribution in [0.2, 0.25) is 0 Å². The molecular formula is C25H26N4O2S. The van der Waals surface area contributed by atoms with Gasteiger partial charge >= 0.3 is 0 Å². The number of rotatable bonds is 9. The summed E-state index contributed by atoms with van der Waals surface area (Å²) in [5.41, 5.74) is 4.45. The molecule has 1 amide bonds. The fraction of sp³-hybridized carbons (Fsp3) is 0.240. The van der Waals surface area contributed by atoms with Crippen LogP contribution < -0.4 is 5.32 Å². The average molecular weight is 447 g/mol. The van der Waals surface area contributed by atoms with Crippen LogP contribution in [0, 0.1) is 13.8 Å². The molecule has 4 aromatic rings. The number of nitrogens with one attached hydrogen (secondary N) is 1. The van der Waals surface area contributed by atoms with Gasteiger partial charge in [-0.05, 0) is 44.5 Å². The van der Waals surface area contributed by atoms with Gasteiger partial charge in [0, 0.05) is 23.4 Å². The van der Waals surface area contributed by atoms with Crippen molar-refractivity contribution in [3.05, 3.63) is 83.8 Å². The lowest BCUT2D eigenvalue weighted by molar-refractivity contribution is -0.121. The quantitative estimate of drug-likeness (QED) is 0.278. The Bertz CT molecular complexity index is 1150. The summed E-state index contributed by atoms with van der Waals surface area (Å²) < 4.78 is 7.33. The highest BCUT2D eigenvalue weighted by Crippen LogP contribution is 2.28. The molecule has 32 heavy (non-hydrogen) atoms. The van der Waals surface area contributed by atoms with Crippen LogP contribution in [0.5, 0.6) is 0 Å². The second kappa shape index (κ2) is 10.3. The van der Waals surface area contributed by atoms with Gasteiger partial charge in [-0.25, -0.2) is 0 Å². The molecule has 1 N–H and O–H groups in total. The predicted molar refractivity (Wildman–Crippen MR) is 127 cm³/mol. The second-order valence-electron chi connectivity index (χ2n) is 7.65. The van der Waals surface area contributed by atoms with E-state index in [-0.39, 0.29) is 5.91 Å². The Kier molecular flexibility index (Phi) is 7.07. The topological polar surface area (TPSA) is 73.0 Å². The lowest BCUT2D eigenvalue weighted by Gasteiger charge is -2.11. The number of nitrogens with zero attached hydrogens (tertiary/aromatic N) is 3. The first-order chi connectivity index (χ1) is 15.6. The minimum Gasteiger partial charge on any atom is -0.467 e. The normalized spacial score (nSPS) is 10.9. The lowest BCUT2D eigenvalue weighted by Crippen LogP contribution is -2.22. The van der Waals surface area contributed by atoms with E-state index in [2.05, 4.69) is 82.5 Å². The maximum Gasteiger partial charge on any atom is 0.220 e. The van der Waals surface area contributed by atoms with Crippen LogP contribution in [0.1, 0.15) is 29.7 Å². The Labute approximate surface area is 192 Å². The van der Waals surface area contributed by atoms with E-state index in [9.17, 15) is 4.79 Å². The Balaban J connectivity index is 1.43. The number of carbonyl (C=O) groups excluding carboxylic acids is 1. The first-order valence-electron chi connectivity index (χ1n) is 10.6. The van der Waals surface area contributed by atoms with Crippen LogP contribution in [0.4, 0.5) is 0 Å². The third-order valence-corrected chi connectivity index (χ3v) is 6.07. The highest BCUT2D eigenvalue weighted by atomic mass is 32.2. The van der Waals surface area contributed by atoms with Crippen molar-refractivity contribution in [2.24, 2.45) is 0 Å². The minimum absolute atomic E-state index is 0.0161. The van der Waals surface area contributed by atoms with Crippen molar-refractivity contribution in [3.63, 3.8) is 0 Å². The van der Waals surface area contributed by atoms with Crippen molar-refractivity contribution in [1.82, 2.24) is 20.1 Å². The first-order valence-corrected chi connectivity index (χ1v) is 11.6. The molecular weight excluding hydrogens is 420 g/mol. The number of hydrogen-bond donors (Lipinski definition) is 1. The molecule has 0 radical (unpaired) electrons. The molecule has 0 aliphatic carbocycles. The molecule has 0 spiro atoms. The summed E-state index contributed by atoms with van der Waals surface area (Å²) in [6.45, 7) is 4.56. The van der Waals surface area contributed by atoms with Crippen LogP contribution >= 0.6 is 11.8 Å². The summed E-state index contributed by atoms with van der Waals surface area (Å²) >= 11 is 1.61. The maximum atomic E-state index is 12.1. The van der Waals surface area contributed by atoms with Gasteiger partial charge in [-0.3, -0.25) is 9.36 Å². The highest BCUT2D eigenvalue weighted by molar-refractivity contribution is 7.99. The molecule has 0 bridgehead atoms. The predicted octanol–water partition coefficient (Wildman–Crippen LogP) is 5.33. The van der Waals surface area contributed by atoms with E-state index in [1.54, 1.807) is 18.0 Å². The van der Waals surface area contributed by atoms with E-state index >= 15 is 0 Å². The Morgan fingerprint density at radius 3 is 2.41 bits per heavy atom. The number of benzene rings is 2. The summed E-state index contributed by atoms with van der Waals surface area (Å²) in [7, 11) is 0. The Morgan fingerprint density at radius 2 is 1.72 bits per heavy atom. The molecule has 2 aromatic heterocycles. The number of amides is 1. The van der Waals surface area contributed by atoms with Crippen LogP contribution in [0.15, 0.2) is 76.5 Å². The zero-order valence-electron chi connectivity index (χ0n) is 18.2. The van der Waals surface area contributed by atoms with Crippen molar-refractivity contribution < 1.29 is 9.21 Å². The van der Waals surface area contributed by atoms with E-state index in [1.807, 2.05) is 12.1 Å². The smallest absolute Gasteiger partial charge is 0.220 e. The molecule has 4 rings (SSSR count). The average Bonchev–Trinajstić information content (AvgIpc) is 3.47. The molecule has 2 aromatic carbocycles. The van der Waals surface area contributed by atoms with Gasteiger partial charge in [0.05, 0.1) is 12.8 Å². The van der Waals surface area contributed by atoms with Gasteiger partial charge in [0.15, 0.2) is 11.0 Å². The molecule has 0 fully saturated rings. The summed E-state index contributed by atoms with van der Waals surface area (Å²) in [6.07, 6.45) is 2.81. The largest absolute Gasteiger partial charge is 0.467 e. The van der Waals surface area contributed by atoms with Crippen molar-refractivity contribution >= 4 is 17.7 Å². The van der Waals surface area contributed by atoms with Crippen molar-refractivity contribution in [2.75, 3.05) is 5.75 Å². The Hall–Kier alpha value is -3.32. The van der Waals surface area contributed by atoms with Crippen LogP contribution in [0.25, 0.3) is 17.1 Å². The number of thioether (sulfide) groups is 1. The van der Waals surface area contributed by atoms with E-state index in [4.69, 9.17) is 4.42 Å². The molecule has 0 saturated carbocycles. The molecule has 6 nitrogen and oxygen atoms in total. The number of hydrogen-bond acceptors (Lipinski definition) is 5. The van der Waals surface area contributed by atoms with Gasteiger partial charge in [-0.1, -0.05) is 59.3 Å². The molecule has 2 heterocycles. The highest BCUT2D eigenvalue weighted by Gasteiger charge is 2.16. The number of aryl methyl sites for hydroxylation is 2. The summed E-state index contributed by atoms with van der Waals surface area (Å²) in [6, 6.07) is 20.3. The zero-order chi connectivity index (χ0) is 22.3. The van der Waals surface area contributed by atoms with Crippen LogP contribution in [-0.4, -0.2) is 26.4 Å². The molecule has 0 aliphatic heterocycles. The number of furan rings is 1. The lowest BCUT2D eigenvalue weighted by atomic mass is 10.1. The van der Waals surface area contributed by atoms with Crippen LogP contribution in [0.3, 0.4) is 0 Å². The van der Waals surface area contributed by atoms with Crippen molar-refractivity contribution in [1.29, 1.82) is 0 Å². The molecule has 0 saturated heterocycles. The standard InChI is InChI=1S/C25H26N4O2S/c1-18-7-11-20(12-8-18)24-27-28-25(29(24)21-13-9-19(2)10-14-21)32-16-4-6-23(30)26-17-22-5-3-15-31-22/h3,5,7-15H,4,6,16-17H2,1-2H3,(H,26,30). The zero-order valence-corrected chi connectivity index (χ0v) is 19.1. The Morgan fingerprint density at radius 1 is 1.00 bits per heavy atom. The summed E-state index contributed by atoms with van der Waals surface area (Å²) in [5, 5.41) is 12.7. The fourth-order valence-electron chi connectivity index (χ4n) is 3.26. The first kappa shape index (κ1) is 21.9. The summed E-state index contributed by atoms with van der Waals surface area (Å²) in [4.78, 5) is 12.1. The van der Waals surface area contributed by atoms with Crippen molar-refractivity contribution in [3.8, 4) is 17.1 Å². The monoisotopic (exact) mass is 446 g/mol. The third kappa shape index (κ3) is 5.48. The van der Waals surface area contributed by atoms with Crippen LogP contribution in [-0.2, 0) is 11.3 Å². The third-order valence-electron chi connectivity index (χ3n) is 5.05.